The maximum atomic E-state index is 14.4. The molecule has 0 fully saturated rings. The molecule has 8 heteroatoms. The van der Waals surface area contributed by atoms with Crippen LogP contribution in [0.5, 0.6) is 0 Å². The quantitative estimate of drug-likeness (QED) is 0.543. The van der Waals surface area contributed by atoms with Gasteiger partial charge in [-0.3, -0.25) is 14.8 Å². The highest BCUT2D eigenvalue weighted by atomic mass is 19.1. The lowest BCUT2D eigenvalue weighted by molar-refractivity contribution is 0.100. The molecular weight excluding hydrogens is 340 g/mol. The Hall–Kier alpha value is -3.42. The molecule has 3 rings (SSSR count). The molecule has 3 aromatic rings. The van der Waals surface area contributed by atoms with Gasteiger partial charge in [0.1, 0.15) is 0 Å². The lowest BCUT2D eigenvalue weighted by Gasteiger charge is -2.14. The molecular formula is C18H15F2N5O. The largest absolute Gasteiger partial charge is 0.370 e. The standard InChI is InChI=1S/C18H15F2N5O/c1-8-9(2)24-14-4-3-10(17(26)25-18(21)22)5-11(14)15(8)16-12(19)6-23-7-13(16)20/h3-7H,1-2H3,(H4,21,22,25,26). The summed E-state index contributed by atoms with van der Waals surface area (Å²) in [6.07, 6.45) is 1.88. The fourth-order valence-corrected chi connectivity index (χ4v) is 2.77. The Labute approximate surface area is 147 Å². The van der Waals surface area contributed by atoms with Gasteiger partial charge in [-0.05, 0) is 37.6 Å². The summed E-state index contributed by atoms with van der Waals surface area (Å²) in [6, 6.07) is 4.55. The van der Waals surface area contributed by atoms with Gasteiger partial charge >= 0.3 is 0 Å². The van der Waals surface area contributed by atoms with Gasteiger partial charge in [-0.1, -0.05) is 0 Å². The fraction of sp³-hybridized carbons (Fsp3) is 0.111. The van der Waals surface area contributed by atoms with Crippen molar-refractivity contribution in [2.45, 2.75) is 13.8 Å². The third kappa shape index (κ3) is 2.97. The van der Waals surface area contributed by atoms with Gasteiger partial charge in [0, 0.05) is 22.2 Å². The summed E-state index contributed by atoms with van der Waals surface area (Å²) < 4.78 is 28.7. The predicted octanol–water partition coefficient (Wildman–Crippen LogP) is 2.61. The number of carbonyl (C=O) groups excluding carboxylic acids is 1. The fourth-order valence-electron chi connectivity index (χ4n) is 2.77. The Morgan fingerprint density at radius 1 is 1.08 bits per heavy atom. The zero-order chi connectivity index (χ0) is 19.0. The monoisotopic (exact) mass is 355 g/mol. The highest BCUT2D eigenvalue weighted by Gasteiger charge is 2.20. The summed E-state index contributed by atoms with van der Waals surface area (Å²) in [6.45, 7) is 3.45. The number of nitrogens with zero attached hydrogens (tertiary/aromatic N) is 3. The molecule has 0 saturated heterocycles. The number of fused-ring (bicyclic) bond motifs is 1. The number of aromatic nitrogens is 2. The first-order valence-electron chi connectivity index (χ1n) is 7.64. The number of aliphatic imine (C=N–C) groups is 1. The van der Waals surface area contributed by atoms with Crippen molar-refractivity contribution in [3.05, 3.63) is 59.0 Å². The maximum Gasteiger partial charge on any atom is 0.280 e. The molecule has 0 aliphatic carbocycles. The van der Waals surface area contributed by atoms with E-state index in [4.69, 9.17) is 11.5 Å². The van der Waals surface area contributed by atoms with Crippen molar-refractivity contribution in [2.24, 2.45) is 16.5 Å². The van der Waals surface area contributed by atoms with Gasteiger partial charge in [0.2, 0.25) is 0 Å². The van der Waals surface area contributed by atoms with Gasteiger partial charge in [0.15, 0.2) is 17.6 Å². The average molecular weight is 355 g/mol. The minimum absolute atomic E-state index is 0.173. The minimum Gasteiger partial charge on any atom is -0.370 e. The molecule has 1 amide bonds. The zero-order valence-electron chi connectivity index (χ0n) is 14.0. The van der Waals surface area contributed by atoms with E-state index in [9.17, 15) is 13.6 Å². The first-order chi connectivity index (χ1) is 12.3. The molecule has 0 aliphatic heterocycles. The molecule has 2 aromatic heterocycles. The van der Waals surface area contributed by atoms with Crippen molar-refractivity contribution in [3.63, 3.8) is 0 Å². The van der Waals surface area contributed by atoms with Crippen LogP contribution in [-0.2, 0) is 0 Å². The molecule has 0 unspecified atom stereocenters. The SMILES string of the molecule is Cc1nc2ccc(C(=O)N=C(N)N)cc2c(-c2c(F)cncc2F)c1C. The summed E-state index contributed by atoms with van der Waals surface area (Å²) >= 11 is 0. The molecule has 26 heavy (non-hydrogen) atoms. The Kier molecular flexibility index (Phi) is 4.33. The van der Waals surface area contributed by atoms with E-state index in [0.29, 0.717) is 27.7 Å². The molecule has 6 nitrogen and oxygen atoms in total. The first-order valence-corrected chi connectivity index (χ1v) is 7.64. The van der Waals surface area contributed by atoms with Crippen LogP contribution in [0, 0.1) is 25.5 Å². The molecule has 1 aromatic carbocycles. The highest BCUT2D eigenvalue weighted by molar-refractivity contribution is 6.06. The number of amides is 1. The van der Waals surface area contributed by atoms with Crippen molar-refractivity contribution in [3.8, 4) is 11.1 Å². The summed E-state index contributed by atoms with van der Waals surface area (Å²) in [5, 5.41) is 0.411. The van der Waals surface area contributed by atoms with E-state index in [1.165, 1.54) is 12.1 Å². The van der Waals surface area contributed by atoms with Crippen LogP contribution in [0.3, 0.4) is 0 Å². The van der Waals surface area contributed by atoms with Crippen LogP contribution >= 0.6 is 0 Å². The van der Waals surface area contributed by atoms with E-state index in [1.54, 1.807) is 19.9 Å². The number of hydrogen-bond acceptors (Lipinski definition) is 3. The number of hydrogen-bond donors (Lipinski definition) is 2. The number of pyridine rings is 2. The molecule has 0 saturated carbocycles. The van der Waals surface area contributed by atoms with E-state index < -0.39 is 17.5 Å². The number of benzene rings is 1. The summed E-state index contributed by atoms with van der Waals surface area (Å²) in [7, 11) is 0. The van der Waals surface area contributed by atoms with Crippen LogP contribution in [0.2, 0.25) is 0 Å². The number of rotatable bonds is 2. The predicted molar refractivity (Wildman–Crippen MR) is 94.5 cm³/mol. The zero-order valence-corrected chi connectivity index (χ0v) is 14.0. The van der Waals surface area contributed by atoms with Crippen LogP contribution in [0.1, 0.15) is 21.6 Å². The molecule has 0 aliphatic rings. The third-order valence-electron chi connectivity index (χ3n) is 4.05. The number of halogens is 2. The van der Waals surface area contributed by atoms with Crippen molar-refractivity contribution >= 4 is 22.8 Å². The Balaban J connectivity index is 2.39. The number of guanidine groups is 1. The van der Waals surface area contributed by atoms with Crippen molar-refractivity contribution in [1.29, 1.82) is 0 Å². The molecule has 0 radical (unpaired) electrons. The second kappa shape index (κ2) is 6.47. The minimum atomic E-state index is -0.805. The van der Waals surface area contributed by atoms with Crippen molar-refractivity contribution in [1.82, 2.24) is 9.97 Å². The number of carbonyl (C=O) groups is 1. The third-order valence-corrected chi connectivity index (χ3v) is 4.05. The van der Waals surface area contributed by atoms with Crippen molar-refractivity contribution in [2.75, 3.05) is 0 Å². The second-order valence-corrected chi connectivity index (χ2v) is 5.75. The summed E-state index contributed by atoms with van der Waals surface area (Å²) in [4.78, 5) is 23.5. The topological polar surface area (TPSA) is 107 Å². The summed E-state index contributed by atoms with van der Waals surface area (Å²) in [5.74, 6) is -2.64. The van der Waals surface area contributed by atoms with E-state index in [2.05, 4.69) is 15.0 Å². The van der Waals surface area contributed by atoms with Gasteiger partial charge in [-0.25, -0.2) is 8.78 Å². The van der Waals surface area contributed by atoms with E-state index in [0.717, 1.165) is 12.4 Å². The Morgan fingerprint density at radius 3 is 2.35 bits per heavy atom. The van der Waals surface area contributed by atoms with Gasteiger partial charge in [-0.2, -0.15) is 4.99 Å². The van der Waals surface area contributed by atoms with Crippen LogP contribution in [0.4, 0.5) is 8.78 Å². The summed E-state index contributed by atoms with van der Waals surface area (Å²) in [5.41, 5.74) is 12.4. The van der Waals surface area contributed by atoms with E-state index in [-0.39, 0.29) is 17.1 Å². The van der Waals surface area contributed by atoms with Gasteiger partial charge in [0.25, 0.3) is 5.91 Å². The highest BCUT2D eigenvalue weighted by Crippen LogP contribution is 2.35. The number of aryl methyl sites for hydroxylation is 1. The van der Waals surface area contributed by atoms with E-state index in [1.807, 2.05) is 0 Å². The van der Waals surface area contributed by atoms with Crippen LogP contribution in [0.25, 0.3) is 22.0 Å². The Bertz CT molecular complexity index is 1050. The average Bonchev–Trinajstić information content (AvgIpc) is 2.57. The van der Waals surface area contributed by atoms with E-state index >= 15 is 0 Å². The lowest BCUT2D eigenvalue weighted by Crippen LogP contribution is -2.24. The van der Waals surface area contributed by atoms with Crippen LogP contribution < -0.4 is 11.5 Å². The van der Waals surface area contributed by atoms with Gasteiger partial charge < -0.3 is 11.5 Å². The first kappa shape index (κ1) is 17.4. The van der Waals surface area contributed by atoms with Crippen LogP contribution in [0.15, 0.2) is 35.6 Å². The molecule has 0 spiro atoms. The molecule has 0 bridgehead atoms. The van der Waals surface area contributed by atoms with Crippen molar-refractivity contribution < 1.29 is 13.6 Å². The van der Waals surface area contributed by atoms with Gasteiger partial charge in [-0.15, -0.1) is 0 Å². The normalized spacial score (nSPS) is 10.8. The Morgan fingerprint density at radius 2 is 1.73 bits per heavy atom. The molecule has 4 N–H and O–H groups in total. The van der Waals surface area contributed by atoms with Crippen LogP contribution in [-0.4, -0.2) is 21.8 Å². The van der Waals surface area contributed by atoms with Gasteiger partial charge in [0.05, 0.1) is 23.5 Å². The molecule has 2 heterocycles. The molecule has 0 atom stereocenters. The maximum absolute atomic E-state index is 14.4. The molecule has 132 valence electrons. The second-order valence-electron chi connectivity index (χ2n) is 5.75. The number of nitrogens with two attached hydrogens (primary N) is 2. The smallest absolute Gasteiger partial charge is 0.280 e. The lowest BCUT2D eigenvalue weighted by atomic mass is 9.94.